The van der Waals surface area contributed by atoms with Crippen molar-refractivity contribution in [3.05, 3.63) is 11.4 Å². The maximum Gasteiger partial charge on any atom is 0.282 e. The Balaban J connectivity index is 3.33. The number of aryl methyl sites for hydroxylation is 2. The first-order chi connectivity index (χ1) is 5.41. The third kappa shape index (κ3) is 1.74. The molecule has 0 aliphatic heterocycles. The molecule has 12 heavy (non-hydrogen) atoms. The Morgan fingerprint density at radius 3 is 2.17 bits per heavy atom. The lowest BCUT2D eigenvalue weighted by Gasteiger charge is -1.98. The van der Waals surface area contributed by atoms with Gasteiger partial charge in [-0.3, -0.25) is 0 Å². The first-order valence-corrected chi connectivity index (χ1v) is 4.66. The SMILES string of the molecule is Cc1nnc(S(N)(=O)=O)nc1C. The van der Waals surface area contributed by atoms with Crippen molar-refractivity contribution >= 4 is 10.0 Å². The van der Waals surface area contributed by atoms with E-state index in [0.29, 0.717) is 11.4 Å². The second kappa shape index (κ2) is 2.76. The number of primary sulfonamides is 1. The van der Waals surface area contributed by atoms with Gasteiger partial charge in [0.2, 0.25) is 0 Å². The van der Waals surface area contributed by atoms with Gasteiger partial charge < -0.3 is 0 Å². The Hall–Kier alpha value is -1.08. The topological polar surface area (TPSA) is 98.8 Å². The molecule has 1 aromatic heterocycles. The van der Waals surface area contributed by atoms with E-state index in [1.807, 2.05) is 0 Å². The second-order valence-electron chi connectivity index (χ2n) is 2.31. The molecule has 0 aliphatic carbocycles. The van der Waals surface area contributed by atoms with Gasteiger partial charge in [-0.1, -0.05) is 0 Å². The molecule has 1 heterocycles. The second-order valence-corrected chi connectivity index (χ2v) is 3.77. The molecule has 0 unspecified atom stereocenters. The fraction of sp³-hybridized carbons (Fsp3) is 0.400. The van der Waals surface area contributed by atoms with E-state index in [2.05, 4.69) is 15.2 Å². The zero-order chi connectivity index (χ0) is 9.35. The standard InChI is InChI=1S/C5H8N4O2S/c1-3-4(2)8-9-5(7-3)12(6,10)11/h1-2H3,(H2,6,10,11). The summed E-state index contributed by atoms with van der Waals surface area (Å²) in [6.07, 6.45) is 0. The van der Waals surface area contributed by atoms with Crippen molar-refractivity contribution < 1.29 is 8.42 Å². The number of nitrogens with two attached hydrogens (primary N) is 1. The van der Waals surface area contributed by atoms with Crippen LogP contribution in [0.2, 0.25) is 0 Å². The Morgan fingerprint density at radius 2 is 1.75 bits per heavy atom. The molecule has 0 amide bonds. The first-order valence-electron chi connectivity index (χ1n) is 3.12. The molecule has 6 nitrogen and oxygen atoms in total. The summed E-state index contributed by atoms with van der Waals surface area (Å²) in [6.45, 7) is 3.32. The van der Waals surface area contributed by atoms with Gasteiger partial charge in [0, 0.05) is 0 Å². The molecule has 1 rings (SSSR count). The van der Waals surface area contributed by atoms with Gasteiger partial charge in [0.25, 0.3) is 15.2 Å². The minimum Gasteiger partial charge on any atom is -0.222 e. The van der Waals surface area contributed by atoms with Crippen LogP contribution >= 0.6 is 0 Å². The molecule has 0 fully saturated rings. The third-order valence-electron chi connectivity index (χ3n) is 1.33. The van der Waals surface area contributed by atoms with Crippen molar-refractivity contribution in [2.75, 3.05) is 0 Å². The number of nitrogens with zero attached hydrogens (tertiary/aromatic N) is 3. The van der Waals surface area contributed by atoms with Gasteiger partial charge in [0.05, 0.1) is 11.4 Å². The van der Waals surface area contributed by atoms with Gasteiger partial charge in [-0.2, -0.15) is 5.10 Å². The average molecular weight is 188 g/mol. The summed E-state index contributed by atoms with van der Waals surface area (Å²) in [4.78, 5) is 3.66. The molecule has 7 heteroatoms. The highest BCUT2D eigenvalue weighted by molar-refractivity contribution is 7.89. The lowest BCUT2D eigenvalue weighted by atomic mass is 10.4. The molecule has 66 valence electrons. The summed E-state index contributed by atoms with van der Waals surface area (Å²) in [6, 6.07) is 0. The average Bonchev–Trinajstić information content (AvgIpc) is 1.92. The van der Waals surface area contributed by atoms with Gasteiger partial charge in [0.1, 0.15) is 0 Å². The maximum atomic E-state index is 10.7. The number of hydrogen-bond donors (Lipinski definition) is 1. The Morgan fingerprint density at radius 1 is 1.17 bits per heavy atom. The van der Waals surface area contributed by atoms with E-state index >= 15 is 0 Å². The highest BCUT2D eigenvalue weighted by atomic mass is 32.2. The minimum atomic E-state index is -3.83. The van der Waals surface area contributed by atoms with Crippen LogP contribution in [0.3, 0.4) is 0 Å². The van der Waals surface area contributed by atoms with Crippen LogP contribution in [0.15, 0.2) is 5.16 Å². The van der Waals surface area contributed by atoms with Crippen LogP contribution < -0.4 is 5.14 Å². The van der Waals surface area contributed by atoms with E-state index in [1.54, 1.807) is 13.8 Å². The lowest BCUT2D eigenvalue weighted by molar-refractivity contribution is 0.582. The van der Waals surface area contributed by atoms with Crippen molar-refractivity contribution in [1.29, 1.82) is 0 Å². The minimum absolute atomic E-state index is 0.439. The fourth-order valence-corrected chi connectivity index (χ4v) is 0.976. The van der Waals surface area contributed by atoms with Crippen LogP contribution in [0.25, 0.3) is 0 Å². The fourth-order valence-electron chi connectivity index (χ4n) is 0.557. The van der Waals surface area contributed by atoms with Gasteiger partial charge in [-0.05, 0) is 13.8 Å². The maximum absolute atomic E-state index is 10.7. The predicted octanol–water partition coefficient (Wildman–Crippen LogP) is -0.864. The van der Waals surface area contributed by atoms with Crippen molar-refractivity contribution in [2.24, 2.45) is 5.14 Å². The molecule has 1 aromatic rings. The van der Waals surface area contributed by atoms with Crippen molar-refractivity contribution in [1.82, 2.24) is 15.2 Å². The lowest BCUT2D eigenvalue weighted by Crippen LogP contribution is -2.17. The number of aromatic nitrogens is 3. The summed E-state index contributed by atoms with van der Waals surface area (Å²) in [7, 11) is -3.83. The molecular weight excluding hydrogens is 180 g/mol. The quantitative estimate of drug-likeness (QED) is 0.618. The Labute approximate surface area is 69.9 Å². The van der Waals surface area contributed by atoms with E-state index in [4.69, 9.17) is 5.14 Å². The monoisotopic (exact) mass is 188 g/mol. The molecule has 2 N–H and O–H groups in total. The van der Waals surface area contributed by atoms with Crippen molar-refractivity contribution in [2.45, 2.75) is 19.0 Å². The molecule has 0 spiro atoms. The number of hydrogen-bond acceptors (Lipinski definition) is 5. The summed E-state index contributed by atoms with van der Waals surface area (Å²) >= 11 is 0. The Bertz CT molecular complexity index is 400. The smallest absolute Gasteiger partial charge is 0.222 e. The van der Waals surface area contributed by atoms with Crippen molar-refractivity contribution in [3.8, 4) is 0 Å². The normalized spacial score (nSPS) is 11.6. The number of sulfonamides is 1. The molecular formula is C5H8N4O2S. The molecule has 0 bridgehead atoms. The van der Waals surface area contributed by atoms with Gasteiger partial charge in [-0.25, -0.2) is 18.5 Å². The van der Waals surface area contributed by atoms with Crippen LogP contribution in [0, 0.1) is 13.8 Å². The third-order valence-corrected chi connectivity index (χ3v) is 2.01. The van der Waals surface area contributed by atoms with E-state index in [1.165, 1.54) is 0 Å². The summed E-state index contributed by atoms with van der Waals surface area (Å²) in [5.74, 6) is 0. The van der Waals surface area contributed by atoms with E-state index < -0.39 is 15.2 Å². The summed E-state index contributed by atoms with van der Waals surface area (Å²) in [5.41, 5.74) is 1.09. The molecule has 0 saturated carbocycles. The molecule has 0 saturated heterocycles. The van der Waals surface area contributed by atoms with Crippen LogP contribution in [-0.2, 0) is 10.0 Å². The predicted molar refractivity (Wildman–Crippen MR) is 40.7 cm³/mol. The molecule has 0 radical (unpaired) electrons. The number of rotatable bonds is 1. The van der Waals surface area contributed by atoms with Crippen LogP contribution in [0.1, 0.15) is 11.4 Å². The first kappa shape index (κ1) is 9.01. The van der Waals surface area contributed by atoms with Gasteiger partial charge >= 0.3 is 0 Å². The van der Waals surface area contributed by atoms with Crippen LogP contribution in [0.5, 0.6) is 0 Å². The van der Waals surface area contributed by atoms with Crippen molar-refractivity contribution in [3.63, 3.8) is 0 Å². The molecule has 0 aliphatic rings. The summed E-state index contributed by atoms with van der Waals surface area (Å²) < 4.78 is 21.4. The van der Waals surface area contributed by atoms with Gasteiger partial charge in [-0.15, -0.1) is 5.10 Å². The molecule has 0 aromatic carbocycles. The van der Waals surface area contributed by atoms with E-state index in [9.17, 15) is 8.42 Å². The zero-order valence-corrected chi connectivity index (χ0v) is 7.46. The largest absolute Gasteiger partial charge is 0.282 e. The zero-order valence-electron chi connectivity index (χ0n) is 6.64. The molecule has 0 atom stereocenters. The highest BCUT2D eigenvalue weighted by Gasteiger charge is 2.12. The summed E-state index contributed by atoms with van der Waals surface area (Å²) in [5, 5.41) is 11.3. The van der Waals surface area contributed by atoms with Crippen LogP contribution in [-0.4, -0.2) is 23.6 Å². The van der Waals surface area contributed by atoms with E-state index in [-0.39, 0.29) is 0 Å². The Kier molecular flexibility index (Phi) is 2.07. The van der Waals surface area contributed by atoms with E-state index in [0.717, 1.165) is 0 Å². The van der Waals surface area contributed by atoms with Crippen LogP contribution in [0.4, 0.5) is 0 Å². The highest BCUT2D eigenvalue weighted by Crippen LogP contribution is 2.00. The van der Waals surface area contributed by atoms with Gasteiger partial charge in [0.15, 0.2) is 0 Å².